The molecule has 122 valence electrons. The molecule has 0 atom stereocenters. The highest BCUT2D eigenvalue weighted by molar-refractivity contribution is 5.56. The molecule has 1 aromatic carbocycles. The first kappa shape index (κ1) is 14.9. The third kappa shape index (κ3) is 2.94. The normalized spacial score (nSPS) is 21.1. The zero-order valence-corrected chi connectivity index (χ0v) is 14.1. The van der Waals surface area contributed by atoms with Crippen molar-refractivity contribution in [1.82, 2.24) is 14.5 Å². The van der Waals surface area contributed by atoms with E-state index >= 15 is 0 Å². The number of hydrogen-bond acceptors (Lipinski definition) is 2. The van der Waals surface area contributed by atoms with Gasteiger partial charge in [0.2, 0.25) is 0 Å². The maximum absolute atomic E-state index is 4.69. The van der Waals surface area contributed by atoms with Crippen LogP contribution in [0.2, 0.25) is 0 Å². The topological polar surface area (TPSA) is 21.1 Å². The van der Waals surface area contributed by atoms with E-state index in [0.717, 1.165) is 11.9 Å². The van der Waals surface area contributed by atoms with Crippen LogP contribution in [-0.2, 0) is 0 Å². The number of imidazole rings is 1. The van der Waals surface area contributed by atoms with Gasteiger partial charge in [-0.1, -0.05) is 56.0 Å². The van der Waals surface area contributed by atoms with Gasteiger partial charge in [0, 0.05) is 36.6 Å². The fraction of sp³-hybridized carbons (Fsp3) is 0.550. The minimum Gasteiger partial charge on any atom is -0.323 e. The van der Waals surface area contributed by atoms with Crippen molar-refractivity contribution in [3.63, 3.8) is 0 Å². The third-order valence-corrected chi connectivity index (χ3v) is 5.61. The fourth-order valence-electron chi connectivity index (χ4n) is 4.28. The molecule has 2 aliphatic rings. The van der Waals surface area contributed by atoms with Gasteiger partial charge in [-0.25, -0.2) is 4.98 Å². The van der Waals surface area contributed by atoms with Crippen LogP contribution in [-0.4, -0.2) is 33.6 Å². The largest absolute Gasteiger partial charge is 0.323 e. The second-order valence-electron chi connectivity index (χ2n) is 7.21. The Morgan fingerprint density at radius 3 is 2.30 bits per heavy atom. The first-order chi connectivity index (χ1) is 11.3. The highest BCUT2D eigenvalue weighted by atomic mass is 15.3. The summed E-state index contributed by atoms with van der Waals surface area (Å²) >= 11 is 0. The molecular weight excluding hydrogens is 282 g/mol. The molecule has 1 saturated heterocycles. The Labute approximate surface area is 139 Å². The molecule has 0 amide bonds. The van der Waals surface area contributed by atoms with Crippen molar-refractivity contribution in [3.05, 3.63) is 42.2 Å². The monoisotopic (exact) mass is 309 g/mol. The number of aromatic nitrogens is 2. The lowest BCUT2D eigenvalue weighted by molar-refractivity contribution is 0.0515. The Hall–Kier alpha value is -1.61. The number of likely N-dealkylation sites (tertiary alicyclic amines) is 1. The van der Waals surface area contributed by atoms with Gasteiger partial charge in [0.15, 0.2) is 0 Å². The van der Waals surface area contributed by atoms with Crippen LogP contribution in [0.25, 0.3) is 11.4 Å². The molecule has 2 aromatic rings. The van der Waals surface area contributed by atoms with Crippen molar-refractivity contribution in [1.29, 1.82) is 0 Å². The van der Waals surface area contributed by atoms with E-state index in [0.29, 0.717) is 6.04 Å². The molecule has 3 heteroatoms. The van der Waals surface area contributed by atoms with E-state index in [9.17, 15) is 0 Å². The molecule has 0 N–H and O–H groups in total. The van der Waals surface area contributed by atoms with Crippen LogP contribution in [0.5, 0.6) is 0 Å². The van der Waals surface area contributed by atoms with Gasteiger partial charge in [0.25, 0.3) is 0 Å². The Morgan fingerprint density at radius 1 is 0.913 bits per heavy atom. The summed E-state index contributed by atoms with van der Waals surface area (Å²) in [4.78, 5) is 7.40. The molecule has 0 radical (unpaired) electrons. The van der Waals surface area contributed by atoms with E-state index in [1.165, 1.54) is 62.9 Å². The van der Waals surface area contributed by atoms with E-state index < -0.39 is 0 Å². The lowest BCUT2D eigenvalue weighted by atomic mass is 9.99. The summed E-state index contributed by atoms with van der Waals surface area (Å²) in [6.45, 7) is 4.58. The highest BCUT2D eigenvalue weighted by Gasteiger charge is 2.35. The van der Waals surface area contributed by atoms with Crippen LogP contribution in [0, 0.1) is 6.92 Å². The predicted molar refractivity (Wildman–Crippen MR) is 94.5 cm³/mol. The first-order valence-electron chi connectivity index (χ1n) is 9.16. The van der Waals surface area contributed by atoms with Gasteiger partial charge in [-0.3, -0.25) is 4.90 Å². The third-order valence-electron chi connectivity index (χ3n) is 5.61. The van der Waals surface area contributed by atoms with E-state index in [1.807, 2.05) is 6.20 Å². The summed E-state index contributed by atoms with van der Waals surface area (Å²) in [5, 5.41) is 0. The Bertz CT molecular complexity index is 632. The van der Waals surface area contributed by atoms with Gasteiger partial charge >= 0.3 is 0 Å². The quantitative estimate of drug-likeness (QED) is 0.782. The summed E-state index contributed by atoms with van der Waals surface area (Å²) in [5.74, 6) is 1.13. The molecule has 0 spiro atoms. The highest BCUT2D eigenvalue weighted by Crippen LogP contribution is 2.33. The van der Waals surface area contributed by atoms with Gasteiger partial charge in [-0.05, 0) is 19.8 Å². The number of aryl methyl sites for hydroxylation is 1. The molecular formula is C20H27N3. The van der Waals surface area contributed by atoms with Crippen molar-refractivity contribution >= 4 is 0 Å². The molecule has 2 fully saturated rings. The van der Waals surface area contributed by atoms with Crippen molar-refractivity contribution in [3.8, 4) is 11.4 Å². The van der Waals surface area contributed by atoms with E-state index in [4.69, 9.17) is 0 Å². The van der Waals surface area contributed by atoms with Crippen LogP contribution in [0.3, 0.4) is 0 Å². The van der Waals surface area contributed by atoms with E-state index in [2.05, 4.69) is 51.7 Å². The minimum atomic E-state index is 0.593. The van der Waals surface area contributed by atoms with Crippen LogP contribution in [0.4, 0.5) is 0 Å². The van der Waals surface area contributed by atoms with Gasteiger partial charge < -0.3 is 4.57 Å². The Morgan fingerprint density at radius 2 is 1.61 bits per heavy atom. The molecule has 2 heterocycles. The average molecular weight is 309 g/mol. The number of hydrogen-bond donors (Lipinski definition) is 0. The summed E-state index contributed by atoms with van der Waals surface area (Å²) in [6, 6.07) is 12.0. The van der Waals surface area contributed by atoms with Crippen LogP contribution < -0.4 is 0 Å². The maximum Gasteiger partial charge on any atom is 0.140 e. The maximum atomic E-state index is 4.69. The summed E-state index contributed by atoms with van der Waals surface area (Å²) in [5.41, 5.74) is 2.52. The van der Waals surface area contributed by atoms with Crippen LogP contribution in [0.1, 0.15) is 50.3 Å². The molecule has 1 aliphatic carbocycles. The molecule has 4 rings (SSSR count). The van der Waals surface area contributed by atoms with Crippen molar-refractivity contribution in [2.24, 2.45) is 0 Å². The lowest BCUT2D eigenvalue weighted by Gasteiger charge is -2.45. The second-order valence-corrected chi connectivity index (χ2v) is 7.21. The lowest BCUT2D eigenvalue weighted by Crippen LogP contribution is -2.52. The summed E-state index contributed by atoms with van der Waals surface area (Å²) in [6.07, 6.45) is 10.6. The van der Waals surface area contributed by atoms with Crippen molar-refractivity contribution < 1.29 is 0 Å². The molecule has 23 heavy (non-hydrogen) atoms. The zero-order valence-electron chi connectivity index (χ0n) is 14.1. The van der Waals surface area contributed by atoms with Gasteiger partial charge in [-0.15, -0.1) is 0 Å². The minimum absolute atomic E-state index is 0.593. The smallest absolute Gasteiger partial charge is 0.140 e. The fourth-order valence-corrected chi connectivity index (χ4v) is 4.28. The van der Waals surface area contributed by atoms with Crippen molar-refractivity contribution in [2.75, 3.05) is 13.1 Å². The average Bonchev–Trinajstić information content (AvgIpc) is 2.75. The SMILES string of the molecule is Cc1cnc(-c2ccccc2)n1C1CN(C2CCCCCC2)C1. The van der Waals surface area contributed by atoms with E-state index in [1.54, 1.807) is 0 Å². The molecule has 0 bridgehead atoms. The van der Waals surface area contributed by atoms with E-state index in [-0.39, 0.29) is 0 Å². The molecule has 1 aromatic heterocycles. The number of benzene rings is 1. The van der Waals surface area contributed by atoms with Crippen LogP contribution in [0.15, 0.2) is 36.5 Å². The molecule has 1 aliphatic heterocycles. The molecule has 0 unspecified atom stereocenters. The first-order valence-corrected chi connectivity index (χ1v) is 9.16. The van der Waals surface area contributed by atoms with Crippen molar-refractivity contribution in [2.45, 2.75) is 57.5 Å². The predicted octanol–water partition coefficient (Wildman–Crippen LogP) is 4.44. The number of nitrogens with zero attached hydrogens (tertiary/aromatic N) is 3. The number of rotatable bonds is 3. The van der Waals surface area contributed by atoms with Crippen LogP contribution >= 0.6 is 0 Å². The standard InChI is InChI=1S/C20H27N3/c1-16-13-21-20(17-9-5-4-6-10-17)23(16)19-14-22(15-19)18-11-7-2-3-8-12-18/h4-6,9-10,13,18-19H,2-3,7-8,11-12,14-15H2,1H3. The van der Waals surface area contributed by atoms with Gasteiger partial charge in [0.1, 0.15) is 5.82 Å². The zero-order chi connectivity index (χ0) is 15.6. The Balaban J connectivity index is 1.49. The van der Waals surface area contributed by atoms with Gasteiger partial charge in [-0.2, -0.15) is 0 Å². The Kier molecular flexibility index (Phi) is 4.21. The molecule has 3 nitrogen and oxygen atoms in total. The van der Waals surface area contributed by atoms with Gasteiger partial charge in [0.05, 0.1) is 6.04 Å². The summed E-state index contributed by atoms with van der Waals surface area (Å²) in [7, 11) is 0. The molecule has 1 saturated carbocycles. The summed E-state index contributed by atoms with van der Waals surface area (Å²) < 4.78 is 2.46. The second kappa shape index (κ2) is 6.48.